The van der Waals surface area contributed by atoms with Crippen molar-refractivity contribution < 1.29 is 9.53 Å². The summed E-state index contributed by atoms with van der Waals surface area (Å²) < 4.78 is 5.25. The lowest BCUT2D eigenvalue weighted by Crippen LogP contribution is -2.34. The number of nitrogens with one attached hydrogen (secondary N) is 1. The summed E-state index contributed by atoms with van der Waals surface area (Å²) in [6.07, 6.45) is 1.35. The first kappa shape index (κ1) is 16.4. The largest absolute Gasteiger partial charge is 0.444 e. The van der Waals surface area contributed by atoms with Gasteiger partial charge in [0.05, 0.1) is 27.8 Å². The number of nitrogens with zero attached hydrogens (tertiary/aromatic N) is 2. The number of rotatable bonds is 3. The molecule has 0 spiro atoms. The van der Waals surface area contributed by atoms with Crippen LogP contribution >= 0.6 is 11.3 Å². The summed E-state index contributed by atoms with van der Waals surface area (Å²) in [7, 11) is 0. The fourth-order valence-corrected chi connectivity index (χ4v) is 2.69. The van der Waals surface area contributed by atoms with E-state index < -0.39 is 11.7 Å². The minimum atomic E-state index is -0.504. The lowest BCUT2D eigenvalue weighted by molar-refractivity contribution is 0.0508. The van der Waals surface area contributed by atoms with E-state index in [-0.39, 0.29) is 6.04 Å². The van der Waals surface area contributed by atoms with E-state index in [9.17, 15) is 4.79 Å². The highest BCUT2D eigenvalue weighted by molar-refractivity contribution is 7.13. The number of ether oxygens (including phenoxy) is 1. The second-order valence-electron chi connectivity index (χ2n) is 6.11. The van der Waals surface area contributed by atoms with E-state index in [1.54, 1.807) is 17.5 Å². The Balaban J connectivity index is 2.04. The monoisotopic (exact) mass is 319 g/mol. The van der Waals surface area contributed by atoms with E-state index >= 15 is 0 Å². The van der Waals surface area contributed by atoms with Gasteiger partial charge in [-0.05, 0) is 46.2 Å². The van der Waals surface area contributed by atoms with Gasteiger partial charge in [0.2, 0.25) is 0 Å². The molecule has 0 aromatic carbocycles. The molecule has 0 saturated carbocycles. The molecule has 1 amide bonds. The third-order valence-corrected chi connectivity index (χ3v) is 3.95. The van der Waals surface area contributed by atoms with E-state index in [2.05, 4.69) is 15.3 Å². The molecule has 0 aliphatic carbocycles. The third-order valence-electron chi connectivity index (χ3n) is 3.00. The molecule has 0 radical (unpaired) electrons. The zero-order valence-electron chi connectivity index (χ0n) is 13.5. The van der Waals surface area contributed by atoms with E-state index in [1.165, 1.54) is 0 Å². The average Bonchev–Trinajstić information content (AvgIpc) is 2.83. The van der Waals surface area contributed by atoms with Gasteiger partial charge in [-0.1, -0.05) is 6.07 Å². The van der Waals surface area contributed by atoms with Crippen LogP contribution in [0.5, 0.6) is 0 Å². The molecule has 22 heavy (non-hydrogen) atoms. The summed E-state index contributed by atoms with van der Waals surface area (Å²) in [4.78, 5) is 21.5. The smallest absolute Gasteiger partial charge is 0.408 e. The number of carbonyl (C=O) groups excluding carboxylic acids is 1. The molecule has 118 valence electrons. The molecule has 1 N–H and O–H groups in total. The average molecular weight is 319 g/mol. The van der Waals surface area contributed by atoms with Crippen LogP contribution in [0.15, 0.2) is 23.8 Å². The predicted molar refractivity (Wildman–Crippen MR) is 87.9 cm³/mol. The highest BCUT2D eigenvalue weighted by Gasteiger charge is 2.18. The minimum Gasteiger partial charge on any atom is -0.444 e. The fraction of sp³-hybridized carbons (Fsp3) is 0.438. The lowest BCUT2D eigenvalue weighted by Gasteiger charge is -2.22. The van der Waals surface area contributed by atoms with Gasteiger partial charge in [-0.2, -0.15) is 0 Å². The van der Waals surface area contributed by atoms with Gasteiger partial charge in [-0.3, -0.25) is 4.98 Å². The Bertz CT molecular complexity index is 644. The van der Waals surface area contributed by atoms with Gasteiger partial charge in [0.25, 0.3) is 0 Å². The maximum Gasteiger partial charge on any atom is 0.408 e. The van der Waals surface area contributed by atoms with Crippen LogP contribution in [-0.4, -0.2) is 21.7 Å². The topological polar surface area (TPSA) is 64.1 Å². The summed E-state index contributed by atoms with van der Waals surface area (Å²) in [5.74, 6) is 0. The first-order chi connectivity index (χ1) is 10.3. The summed E-state index contributed by atoms with van der Waals surface area (Å²) in [5, 5.41) is 2.81. The van der Waals surface area contributed by atoms with E-state index in [0.717, 1.165) is 21.8 Å². The van der Waals surface area contributed by atoms with Crippen molar-refractivity contribution in [2.45, 2.75) is 46.3 Å². The Morgan fingerprint density at radius 3 is 2.55 bits per heavy atom. The Hall–Kier alpha value is -1.95. The van der Waals surface area contributed by atoms with Gasteiger partial charge in [0.1, 0.15) is 5.60 Å². The van der Waals surface area contributed by atoms with Crippen LogP contribution in [0.1, 0.15) is 45.0 Å². The molecule has 0 saturated heterocycles. The molecule has 0 aliphatic rings. The van der Waals surface area contributed by atoms with Crippen LogP contribution in [0.4, 0.5) is 4.79 Å². The molecule has 0 bridgehead atoms. The maximum atomic E-state index is 11.8. The normalized spacial score (nSPS) is 12.8. The van der Waals surface area contributed by atoms with E-state index in [4.69, 9.17) is 4.74 Å². The molecule has 2 aromatic rings. The van der Waals surface area contributed by atoms with Crippen LogP contribution in [0, 0.1) is 6.92 Å². The number of thiazole rings is 1. The van der Waals surface area contributed by atoms with E-state index in [0.29, 0.717) is 0 Å². The Kier molecular flexibility index (Phi) is 4.81. The van der Waals surface area contributed by atoms with Crippen molar-refractivity contribution in [1.29, 1.82) is 0 Å². The summed E-state index contributed by atoms with van der Waals surface area (Å²) >= 11 is 1.57. The Morgan fingerprint density at radius 2 is 2.05 bits per heavy atom. The van der Waals surface area contributed by atoms with Crippen LogP contribution in [0.3, 0.4) is 0 Å². The van der Waals surface area contributed by atoms with Crippen LogP contribution < -0.4 is 5.32 Å². The van der Waals surface area contributed by atoms with Crippen molar-refractivity contribution in [3.05, 3.63) is 35.1 Å². The molecular weight excluding hydrogens is 298 g/mol. The summed E-state index contributed by atoms with van der Waals surface area (Å²) in [5.41, 5.74) is 4.11. The number of carbonyl (C=O) groups is 1. The zero-order chi connectivity index (χ0) is 16.3. The number of pyridine rings is 1. The van der Waals surface area contributed by atoms with Gasteiger partial charge in [-0.25, -0.2) is 9.78 Å². The van der Waals surface area contributed by atoms with Crippen molar-refractivity contribution in [3.63, 3.8) is 0 Å². The fourth-order valence-electron chi connectivity index (χ4n) is 1.91. The molecule has 2 rings (SSSR count). The van der Waals surface area contributed by atoms with Gasteiger partial charge in [0.15, 0.2) is 0 Å². The Morgan fingerprint density at radius 1 is 1.32 bits per heavy atom. The SMILES string of the molecule is Cc1ncsc1-c1ccc([C@H](C)NC(=O)OC(C)(C)C)cn1. The van der Waals surface area contributed by atoms with Crippen molar-refractivity contribution in [2.24, 2.45) is 0 Å². The number of aryl methyl sites for hydroxylation is 1. The quantitative estimate of drug-likeness (QED) is 0.925. The molecule has 0 fully saturated rings. The number of alkyl carbamates (subject to hydrolysis) is 1. The van der Waals surface area contributed by atoms with Crippen LogP contribution in [-0.2, 0) is 4.74 Å². The lowest BCUT2D eigenvalue weighted by atomic mass is 10.1. The van der Waals surface area contributed by atoms with Crippen molar-refractivity contribution in [3.8, 4) is 10.6 Å². The molecule has 2 heterocycles. The predicted octanol–water partition coefficient (Wildman–Crippen LogP) is 4.10. The van der Waals surface area contributed by atoms with Gasteiger partial charge in [0, 0.05) is 6.20 Å². The second-order valence-corrected chi connectivity index (χ2v) is 6.97. The summed E-state index contributed by atoms with van der Waals surface area (Å²) in [6.45, 7) is 9.38. The second kappa shape index (κ2) is 6.44. The first-order valence-electron chi connectivity index (χ1n) is 7.12. The molecular formula is C16H21N3O2S. The summed E-state index contributed by atoms with van der Waals surface area (Å²) in [6, 6.07) is 3.74. The van der Waals surface area contributed by atoms with Crippen molar-refractivity contribution >= 4 is 17.4 Å². The maximum absolute atomic E-state index is 11.8. The third kappa shape index (κ3) is 4.27. The highest BCUT2D eigenvalue weighted by atomic mass is 32.1. The van der Waals surface area contributed by atoms with Crippen LogP contribution in [0.25, 0.3) is 10.6 Å². The molecule has 6 heteroatoms. The first-order valence-corrected chi connectivity index (χ1v) is 8.00. The molecule has 0 unspecified atom stereocenters. The highest BCUT2D eigenvalue weighted by Crippen LogP contribution is 2.26. The minimum absolute atomic E-state index is 0.168. The van der Waals surface area contributed by atoms with Gasteiger partial charge in [-0.15, -0.1) is 11.3 Å². The van der Waals surface area contributed by atoms with Crippen molar-refractivity contribution in [2.75, 3.05) is 0 Å². The van der Waals surface area contributed by atoms with E-state index in [1.807, 2.05) is 52.3 Å². The zero-order valence-corrected chi connectivity index (χ0v) is 14.3. The van der Waals surface area contributed by atoms with Crippen LogP contribution in [0.2, 0.25) is 0 Å². The molecule has 2 aromatic heterocycles. The van der Waals surface area contributed by atoms with Gasteiger partial charge < -0.3 is 10.1 Å². The van der Waals surface area contributed by atoms with Crippen molar-refractivity contribution in [1.82, 2.24) is 15.3 Å². The number of aromatic nitrogens is 2. The standard InChI is InChI=1S/C16H21N3O2S/c1-10(19-15(20)21-16(3,4)5)12-6-7-13(17-8-12)14-11(2)18-9-22-14/h6-10H,1-5H3,(H,19,20)/t10-/m0/s1. The van der Waals surface area contributed by atoms with Gasteiger partial charge >= 0.3 is 6.09 Å². The molecule has 0 aliphatic heterocycles. The number of amides is 1. The Labute approximate surface area is 134 Å². The molecule has 1 atom stereocenters. The molecule has 5 nitrogen and oxygen atoms in total. The number of hydrogen-bond acceptors (Lipinski definition) is 5. The number of hydrogen-bond donors (Lipinski definition) is 1.